The van der Waals surface area contributed by atoms with Gasteiger partial charge in [0.25, 0.3) is 0 Å². The van der Waals surface area contributed by atoms with Crippen LogP contribution in [0.25, 0.3) is 0 Å². The van der Waals surface area contributed by atoms with Gasteiger partial charge in [0, 0.05) is 24.2 Å². The zero-order valence-corrected chi connectivity index (χ0v) is 24.0. The van der Waals surface area contributed by atoms with Gasteiger partial charge in [-0.2, -0.15) is 0 Å². The van der Waals surface area contributed by atoms with Gasteiger partial charge < -0.3 is 0 Å². The summed E-state index contributed by atoms with van der Waals surface area (Å²) >= 11 is 0. The van der Waals surface area contributed by atoms with Crippen molar-refractivity contribution >= 4 is 13.8 Å². The maximum absolute atomic E-state index is 4.38. The summed E-state index contributed by atoms with van der Waals surface area (Å²) in [6, 6.07) is 15.8. The van der Waals surface area contributed by atoms with Crippen molar-refractivity contribution in [1.29, 1.82) is 0 Å². The summed E-state index contributed by atoms with van der Waals surface area (Å²) in [5.41, 5.74) is 9.01. The Morgan fingerprint density at radius 2 is 1.14 bits per heavy atom. The van der Waals surface area contributed by atoms with Crippen molar-refractivity contribution in [3.05, 3.63) is 65.2 Å². The highest BCUT2D eigenvalue weighted by Gasteiger charge is 2.41. The second kappa shape index (κ2) is 13.6. The SMILES string of the molecule is CC(C)[Si](C#Cc1ccccc1C#CC#CC#Cc1ccccc1N=NN1CCCC1)(C(C)C)C(C)C. The highest BCUT2D eigenvalue weighted by Crippen LogP contribution is 2.40. The minimum atomic E-state index is -1.81. The summed E-state index contributed by atoms with van der Waals surface area (Å²) in [5, 5.41) is 10.7. The van der Waals surface area contributed by atoms with E-state index in [2.05, 4.69) is 105 Å². The smallest absolute Gasteiger partial charge is 0.146 e. The van der Waals surface area contributed by atoms with Crippen LogP contribution in [0.15, 0.2) is 58.9 Å². The molecule has 0 aliphatic carbocycles. The molecule has 0 aromatic heterocycles. The molecule has 37 heavy (non-hydrogen) atoms. The molecule has 0 spiro atoms. The molecule has 0 bridgehead atoms. The second-order valence-corrected chi connectivity index (χ2v) is 15.9. The molecule has 188 valence electrons. The van der Waals surface area contributed by atoms with Crippen molar-refractivity contribution in [2.75, 3.05) is 13.1 Å². The Labute approximate surface area is 225 Å². The Morgan fingerprint density at radius 3 is 1.70 bits per heavy atom. The van der Waals surface area contributed by atoms with Crippen LogP contribution in [0.2, 0.25) is 16.6 Å². The lowest BCUT2D eigenvalue weighted by molar-refractivity contribution is 0.336. The summed E-state index contributed by atoms with van der Waals surface area (Å²) in [7, 11) is -1.81. The summed E-state index contributed by atoms with van der Waals surface area (Å²) in [5.74, 6) is 21.4. The fraction of sp³-hybridized carbons (Fsp3) is 0.394. The van der Waals surface area contributed by atoms with Gasteiger partial charge in [-0.15, -0.1) is 10.7 Å². The van der Waals surface area contributed by atoms with E-state index >= 15 is 0 Å². The zero-order valence-electron chi connectivity index (χ0n) is 23.0. The zero-order chi connectivity index (χ0) is 26.7. The topological polar surface area (TPSA) is 28.0 Å². The number of hydrogen-bond acceptors (Lipinski definition) is 2. The molecule has 3 rings (SSSR count). The van der Waals surface area contributed by atoms with Gasteiger partial charge in [0.2, 0.25) is 0 Å². The molecule has 3 nitrogen and oxygen atoms in total. The molecule has 1 aliphatic heterocycles. The van der Waals surface area contributed by atoms with Gasteiger partial charge in [0.05, 0.1) is 5.56 Å². The molecule has 1 aliphatic rings. The van der Waals surface area contributed by atoms with Gasteiger partial charge in [-0.25, -0.2) is 0 Å². The Hall–Kier alpha value is -3.70. The lowest BCUT2D eigenvalue weighted by atomic mass is 10.1. The minimum Gasteiger partial charge on any atom is -0.278 e. The molecule has 0 radical (unpaired) electrons. The minimum absolute atomic E-state index is 0.592. The van der Waals surface area contributed by atoms with Gasteiger partial charge in [-0.3, -0.25) is 5.01 Å². The van der Waals surface area contributed by atoms with Crippen LogP contribution in [0.4, 0.5) is 5.69 Å². The predicted octanol–water partition coefficient (Wildman–Crippen LogP) is 7.76. The van der Waals surface area contributed by atoms with Crippen LogP contribution in [0.3, 0.4) is 0 Å². The summed E-state index contributed by atoms with van der Waals surface area (Å²) in [6.07, 6.45) is 2.34. The normalized spacial score (nSPS) is 12.9. The molecule has 0 N–H and O–H groups in total. The molecular weight excluding hydrogens is 466 g/mol. The van der Waals surface area contributed by atoms with Crippen LogP contribution in [0, 0.1) is 47.0 Å². The molecule has 0 atom stereocenters. The molecule has 2 aromatic rings. The van der Waals surface area contributed by atoms with Gasteiger partial charge in [-0.05, 0) is 77.4 Å². The molecule has 1 fully saturated rings. The summed E-state index contributed by atoms with van der Waals surface area (Å²) in [4.78, 5) is 0. The van der Waals surface area contributed by atoms with Gasteiger partial charge >= 0.3 is 0 Å². The monoisotopic (exact) mass is 503 g/mol. The third-order valence-corrected chi connectivity index (χ3v) is 13.3. The number of benzene rings is 2. The summed E-state index contributed by atoms with van der Waals surface area (Å²) < 4.78 is 0. The average Bonchev–Trinajstić information content (AvgIpc) is 3.39. The van der Waals surface area contributed by atoms with E-state index in [9.17, 15) is 0 Å². The van der Waals surface area contributed by atoms with E-state index in [1.807, 2.05) is 47.5 Å². The first kappa shape index (κ1) is 27.9. The summed E-state index contributed by atoms with van der Waals surface area (Å²) in [6.45, 7) is 15.9. The van der Waals surface area contributed by atoms with Crippen molar-refractivity contribution in [2.45, 2.75) is 71.0 Å². The molecule has 1 heterocycles. The van der Waals surface area contributed by atoms with Crippen LogP contribution < -0.4 is 0 Å². The lowest BCUT2D eigenvalue weighted by Crippen LogP contribution is -2.43. The van der Waals surface area contributed by atoms with Crippen LogP contribution in [0.5, 0.6) is 0 Å². The van der Waals surface area contributed by atoms with E-state index < -0.39 is 8.07 Å². The first-order chi connectivity index (χ1) is 17.8. The van der Waals surface area contributed by atoms with Gasteiger partial charge in [0.1, 0.15) is 13.8 Å². The Kier molecular flexibility index (Phi) is 10.2. The van der Waals surface area contributed by atoms with Crippen molar-refractivity contribution in [3.63, 3.8) is 0 Å². The van der Waals surface area contributed by atoms with E-state index in [1.54, 1.807) is 0 Å². The highest BCUT2D eigenvalue weighted by atomic mass is 28.3. The number of nitrogens with zero attached hydrogens (tertiary/aromatic N) is 3. The molecule has 0 saturated carbocycles. The van der Waals surface area contributed by atoms with Crippen LogP contribution in [0.1, 0.15) is 71.1 Å². The van der Waals surface area contributed by atoms with E-state index in [-0.39, 0.29) is 0 Å². The second-order valence-electron chi connectivity index (χ2n) is 10.3. The van der Waals surface area contributed by atoms with Crippen molar-refractivity contribution < 1.29 is 0 Å². The predicted molar refractivity (Wildman–Crippen MR) is 158 cm³/mol. The molecule has 0 amide bonds. The Bertz CT molecular complexity index is 1330. The highest BCUT2D eigenvalue weighted by molar-refractivity contribution is 6.90. The average molecular weight is 504 g/mol. The fourth-order valence-corrected chi connectivity index (χ4v) is 10.4. The van der Waals surface area contributed by atoms with Gasteiger partial charge in [-0.1, -0.05) is 88.8 Å². The van der Waals surface area contributed by atoms with Crippen LogP contribution in [-0.4, -0.2) is 26.2 Å². The Morgan fingerprint density at radius 1 is 0.649 bits per heavy atom. The van der Waals surface area contributed by atoms with E-state index in [0.717, 1.165) is 35.5 Å². The molecular formula is C33H37N3Si. The molecule has 0 unspecified atom stereocenters. The maximum atomic E-state index is 4.38. The van der Waals surface area contributed by atoms with Crippen molar-refractivity contribution in [1.82, 2.24) is 5.01 Å². The van der Waals surface area contributed by atoms with E-state index in [4.69, 9.17) is 0 Å². The standard InChI is InChI=1S/C33H37N3Si/c1-27(2)37(28(3)4,29(5)6)26-23-31-19-12-11-18-30(31)17-9-7-8-10-20-32-21-13-14-22-33(32)34-35-36-24-15-16-25-36/h11-14,18-19,21-22,27-29H,15-16,24-25H2,1-6H3. The van der Waals surface area contributed by atoms with Crippen LogP contribution in [-0.2, 0) is 0 Å². The fourth-order valence-electron chi connectivity index (χ4n) is 5.14. The largest absolute Gasteiger partial charge is 0.278 e. The lowest BCUT2D eigenvalue weighted by Gasteiger charge is -2.38. The van der Waals surface area contributed by atoms with Crippen LogP contribution >= 0.6 is 0 Å². The van der Waals surface area contributed by atoms with E-state index in [0.29, 0.717) is 16.6 Å². The quantitative estimate of drug-likeness (QED) is 0.233. The van der Waals surface area contributed by atoms with Gasteiger partial charge in [0.15, 0.2) is 0 Å². The maximum Gasteiger partial charge on any atom is 0.146 e. The third-order valence-electron chi connectivity index (χ3n) is 7.05. The van der Waals surface area contributed by atoms with Crippen molar-refractivity contribution in [3.8, 4) is 47.0 Å². The molecule has 2 aromatic carbocycles. The Balaban J connectivity index is 1.79. The third kappa shape index (κ3) is 7.40. The molecule has 1 saturated heterocycles. The number of rotatable bonds is 5. The first-order valence-electron chi connectivity index (χ1n) is 13.2. The van der Waals surface area contributed by atoms with E-state index in [1.165, 1.54) is 12.8 Å². The molecule has 4 heteroatoms. The first-order valence-corrected chi connectivity index (χ1v) is 15.5. The van der Waals surface area contributed by atoms with Crippen molar-refractivity contribution in [2.24, 2.45) is 10.3 Å². The number of hydrogen-bond donors (Lipinski definition) is 0.